The summed E-state index contributed by atoms with van der Waals surface area (Å²) in [5.74, 6) is -0.179. The highest BCUT2D eigenvalue weighted by molar-refractivity contribution is 6.09. The molecule has 0 aliphatic heterocycles. The Morgan fingerprint density at radius 1 is 1.38 bits per heavy atom. The predicted octanol–water partition coefficient (Wildman–Crippen LogP) is 2.58. The second kappa shape index (κ2) is 6.06. The molecule has 1 N–H and O–H groups in total. The molecule has 21 heavy (non-hydrogen) atoms. The summed E-state index contributed by atoms with van der Waals surface area (Å²) in [6, 6.07) is 10.8. The Balaban J connectivity index is 2.37. The van der Waals surface area contributed by atoms with Crippen molar-refractivity contribution < 1.29 is 4.79 Å². The van der Waals surface area contributed by atoms with Crippen molar-refractivity contribution >= 4 is 17.3 Å². The van der Waals surface area contributed by atoms with Crippen LogP contribution in [0.1, 0.15) is 21.6 Å². The molecule has 0 radical (unpaired) electrons. The molecule has 0 aliphatic carbocycles. The maximum Gasteiger partial charge on any atom is 0.261 e. The van der Waals surface area contributed by atoms with E-state index >= 15 is 0 Å². The van der Waals surface area contributed by atoms with Gasteiger partial charge in [0, 0.05) is 31.7 Å². The van der Waals surface area contributed by atoms with Gasteiger partial charge in [-0.2, -0.15) is 5.26 Å². The summed E-state index contributed by atoms with van der Waals surface area (Å²) >= 11 is 0. The molecule has 2 rings (SSSR count). The van der Waals surface area contributed by atoms with Crippen LogP contribution < -0.4 is 10.2 Å². The largest absolute Gasteiger partial charge is 0.387 e. The van der Waals surface area contributed by atoms with Gasteiger partial charge in [0.25, 0.3) is 5.91 Å². The molecule has 106 valence electrons. The summed E-state index contributed by atoms with van der Waals surface area (Å²) < 4.78 is 0. The highest BCUT2D eigenvalue weighted by Gasteiger charge is 2.17. The maximum absolute atomic E-state index is 12.6. The lowest BCUT2D eigenvalue weighted by molar-refractivity contribution is 0.0993. The summed E-state index contributed by atoms with van der Waals surface area (Å²) in [5, 5.41) is 11.9. The fraction of sp³-hybridized carbons (Fsp3) is 0.188. The average molecular weight is 280 g/mol. The number of nitrogens with zero attached hydrogens (tertiary/aromatic N) is 3. The van der Waals surface area contributed by atoms with Gasteiger partial charge in [0.1, 0.15) is 0 Å². The summed E-state index contributed by atoms with van der Waals surface area (Å²) in [7, 11) is 3.44. The van der Waals surface area contributed by atoms with Crippen molar-refractivity contribution in [3.8, 4) is 6.07 Å². The first-order valence-electron chi connectivity index (χ1n) is 6.49. The molecule has 2 aromatic rings. The van der Waals surface area contributed by atoms with E-state index in [1.54, 1.807) is 44.6 Å². The van der Waals surface area contributed by atoms with Crippen molar-refractivity contribution in [2.75, 3.05) is 24.3 Å². The van der Waals surface area contributed by atoms with E-state index in [9.17, 15) is 4.79 Å². The Bertz CT molecular complexity index is 718. The molecule has 0 saturated heterocycles. The summed E-state index contributed by atoms with van der Waals surface area (Å²) in [6.45, 7) is 1.87. The Morgan fingerprint density at radius 2 is 2.14 bits per heavy atom. The van der Waals surface area contributed by atoms with Crippen molar-refractivity contribution in [2.24, 2.45) is 0 Å². The summed E-state index contributed by atoms with van der Waals surface area (Å²) in [6.07, 6.45) is 1.56. The molecule has 0 atom stereocenters. The van der Waals surface area contributed by atoms with Gasteiger partial charge in [0.15, 0.2) is 0 Å². The molecule has 0 fully saturated rings. The zero-order valence-electron chi connectivity index (χ0n) is 12.2. The van der Waals surface area contributed by atoms with E-state index in [2.05, 4.69) is 16.4 Å². The monoisotopic (exact) mass is 280 g/mol. The highest BCUT2D eigenvalue weighted by Crippen LogP contribution is 2.21. The van der Waals surface area contributed by atoms with Gasteiger partial charge in [-0.15, -0.1) is 0 Å². The molecule has 1 amide bonds. The van der Waals surface area contributed by atoms with Gasteiger partial charge in [-0.1, -0.05) is 6.07 Å². The number of carbonyl (C=O) groups is 1. The van der Waals surface area contributed by atoms with Crippen LogP contribution >= 0.6 is 0 Å². The van der Waals surface area contributed by atoms with E-state index in [1.807, 2.05) is 13.0 Å². The molecule has 1 aromatic heterocycles. The molecule has 1 heterocycles. The molecule has 0 bridgehead atoms. The fourth-order valence-electron chi connectivity index (χ4n) is 2.02. The number of anilines is 2. The lowest BCUT2D eigenvalue weighted by Gasteiger charge is -2.19. The number of aromatic nitrogens is 1. The smallest absolute Gasteiger partial charge is 0.261 e. The molecule has 0 unspecified atom stereocenters. The Morgan fingerprint density at radius 3 is 2.81 bits per heavy atom. The zero-order valence-corrected chi connectivity index (χ0v) is 12.2. The van der Waals surface area contributed by atoms with E-state index in [0.717, 1.165) is 11.4 Å². The van der Waals surface area contributed by atoms with Crippen molar-refractivity contribution in [3.05, 3.63) is 53.3 Å². The number of rotatable bonds is 3. The number of hydrogen-bond donors (Lipinski definition) is 1. The second-order valence-corrected chi connectivity index (χ2v) is 4.65. The Kier molecular flexibility index (Phi) is 4.19. The number of carbonyl (C=O) groups excluding carboxylic acids is 1. The average Bonchev–Trinajstić information content (AvgIpc) is 2.53. The van der Waals surface area contributed by atoms with Crippen LogP contribution in [0.15, 0.2) is 36.5 Å². The lowest BCUT2D eigenvalue weighted by atomic mass is 10.1. The van der Waals surface area contributed by atoms with Crippen LogP contribution in [-0.2, 0) is 0 Å². The van der Waals surface area contributed by atoms with Gasteiger partial charge < -0.3 is 10.2 Å². The normalized spacial score (nSPS) is 9.81. The number of hydrogen-bond acceptors (Lipinski definition) is 4. The van der Waals surface area contributed by atoms with Crippen LogP contribution in [0.25, 0.3) is 0 Å². The van der Waals surface area contributed by atoms with Crippen molar-refractivity contribution in [1.29, 1.82) is 5.26 Å². The Labute approximate surface area is 123 Å². The molecule has 0 spiro atoms. The first kappa shape index (κ1) is 14.5. The number of nitriles is 1. The van der Waals surface area contributed by atoms with Crippen LogP contribution in [0.2, 0.25) is 0 Å². The zero-order chi connectivity index (χ0) is 15.4. The minimum absolute atomic E-state index is 0.179. The third-order valence-corrected chi connectivity index (χ3v) is 3.21. The molecule has 0 saturated carbocycles. The highest BCUT2D eigenvalue weighted by atomic mass is 16.2. The number of nitrogens with one attached hydrogen (secondary N) is 1. The topological polar surface area (TPSA) is 69.0 Å². The fourth-order valence-corrected chi connectivity index (χ4v) is 2.02. The van der Waals surface area contributed by atoms with Crippen LogP contribution in [-0.4, -0.2) is 25.0 Å². The number of pyridine rings is 1. The molecular weight excluding hydrogens is 264 g/mol. The van der Waals surface area contributed by atoms with Crippen LogP contribution in [0, 0.1) is 18.3 Å². The number of aryl methyl sites for hydroxylation is 1. The SMILES string of the molecule is CNc1cc(C)ncc1C(=O)N(C)c1cccc(C#N)c1. The standard InChI is InChI=1S/C16H16N4O/c1-11-7-15(18-2)14(10-19-11)16(21)20(3)13-6-4-5-12(8-13)9-17/h4-8,10H,1-3H3,(H,18,19). The van der Waals surface area contributed by atoms with Gasteiger partial charge in [-0.3, -0.25) is 9.78 Å². The van der Waals surface area contributed by atoms with Gasteiger partial charge in [-0.25, -0.2) is 0 Å². The van der Waals surface area contributed by atoms with E-state index in [4.69, 9.17) is 5.26 Å². The second-order valence-electron chi connectivity index (χ2n) is 4.65. The maximum atomic E-state index is 12.6. The molecule has 5 heteroatoms. The minimum atomic E-state index is -0.179. The molecular formula is C16H16N4O. The molecule has 0 aliphatic rings. The van der Waals surface area contributed by atoms with Crippen LogP contribution in [0.4, 0.5) is 11.4 Å². The van der Waals surface area contributed by atoms with Crippen molar-refractivity contribution in [2.45, 2.75) is 6.92 Å². The number of benzene rings is 1. The summed E-state index contributed by atoms with van der Waals surface area (Å²) in [5.41, 5.74) is 3.25. The van der Waals surface area contributed by atoms with Gasteiger partial charge in [0.2, 0.25) is 0 Å². The van der Waals surface area contributed by atoms with Crippen molar-refractivity contribution in [1.82, 2.24) is 4.98 Å². The lowest BCUT2D eigenvalue weighted by Crippen LogP contribution is -2.27. The quantitative estimate of drug-likeness (QED) is 0.938. The van der Waals surface area contributed by atoms with E-state index < -0.39 is 0 Å². The van der Waals surface area contributed by atoms with E-state index in [-0.39, 0.29) is 5.91 Å². The van der Waals surface area contributed by atoms with E-state index in [1.165, 1.54) is 4.90 Å². The predicted molar refractivity (Wildman–Crippen MR) is 82.4 cm³/mol. The third kappa shape index (κ3) is 3.00. The van der Waals surface area contributed by atoms with Crippen LogP contribution in [0.5, 0.6) is 0 Å². The van der Waals surface area contributed by atoms with Gasteiger partial charge >= 0.3 is 0 Å². The molecule has 5 nitrogen and oxygen atoms in total. The Hall–Kier alpha value is -2.87. The minimum Gasteiger partial charge on any atom is -0.387 e. The molecule has 1 aromatic carbocycles. The summed E-state index contributed by atoms with van der Waals surface area (Å²) in [4.78, 5) is 18.3. The van der Waals surface area contributed by atoms with Gasteiger partial charge in [-0.05, 0) is 31.2 Å². The van der Waals surface area contributed by atoms with Crippen molar-refractivity contribution in [3.63, 3.8) is 0 Å². The van der Waals surface area contributed by atoms with Crippen LogP contribution in [0.3, 0.4) is 0 Å². The first-order chi connectivity index (χ1) is 10.1. The van der Waals surface area contributed by atoms with E-state index in [0.29, 0.717) is 16.8 Å². The first-order valence-corrected chi connectivity index (χ1v) is 6.49. The third-order valence-electron chi connectivity index (χ3n) is 3.21. The van der Waals surface area contributed by atoms with Gasteiger partial charge in [0.05, 0.1) is 22.9 Å². The number of amides is 1.